The van der Waals surface area contributed by atoms with E-state index in [9.17, 15) is 8.42 Å². The molecule has 0 radical (unpaired) electrons. The maximum absolute atomic E-state index is 12.2. The highest BCUT2D eigenvalue weighted by Crippen LogP contribution is 2.13. The Morgan fingerprint density at radius 1 is 1.35 bits per heavy atom. The summed E-state index contributed by atoms with van der Waals surface area (Å²) in [4.78, 5) is 0.218. The Bertz CT molecular complexity index is 574. The number of benzene rings is 1. The maximum Gasteiger partial charge on any atom is 0.179 e. The molecule has 0 amide bonds. The van der Waals surface area contributed by atoms with Crippen molar-refractivity contribution in [2.24, 2.45) is 5.92 Å². The molecule has 1 unspecified atom stereocenters. The molecule has 4 nitrogen and oxygen atoms in total. The van der Waals surface area contributed by atoms with Gasteiger partial charge in [0, 0.05) is 12.6 Å². The van der Waals surface area contributed by atoms with Crippen LogP contribution in [0.25, 0.3) is 0 Å². The Hall–Kier alpha value is -1.38. The van der Waals surface area contributed by atoms with Gasteiger partial charge in [-0.25, -0.2) is 8.42 Å². The molecule has 0 fully saturated rings. The largest absolute Gasteiger partial charge is 0.313 e. The Morgan fingerprint density at radius 3 is 2.60 bits per heavy atom. The number of nitrogens with zero attached hydrogens (tertiary/aromatic N) is 1. The molecule has 0 heterocycles. The molecule has 1 aromatic rings. The SMILES string of the molecule is CCC(NCCS(=O)(=O)c1cccc(C#N)c1)C(C)C. The summed E-state index contributed by atoms with van der Waals surface area (Å²) >= 11 is 0. The van der Waals surface area contributed by atoms with E-state index in [0.717, 1.165) is 6.42 Å². The molecule has 1 atom stereocenters. The predicted molar refractivity (Wildman–Crippen MR) is 80.1 cm³/mol. The molecule has 0 spiro atoms. The molecule has 0 saturated carbocycles. The van der Waals surface area contributed by atoms with Crippen molar-refractivity contribution in [1.82, 2.24) is 5.32 Å². The summed E-state index contributed by atoms with van der Waals surface area (Å²) in [5, 5.41) is 12.1. The summed E-state index contributed by atoms with van der Waals surface area (Å²) in [6, 6.07) is 8.45. The zero-order chi connectivity index (χ0) is 15.2. The van der Waals surface area contributed by atoms with E-state index >= 15 is 0 Å². The van der Waals surface area contributed by atoms with Crippen molar-refractivity contribution in [2.75, 3.05) is 12.3 Å². The van der Waals surface area contributed by atoms with E-state index in [2.05, 4.69) is 26.1 Å². The van der Waals surface area contributed by atoms with Crippen LogP contribution >= 0.6 is 0 Å². The Kier molecular flexibility index (Phi) is 6.18. The molecule has 0 bridgehead atoms. The van der Waals surface area contributed by atoms with Crippen LogP contribution in [-0.2, 0) is 9.84 Å². The second-order valence-electron chi connectivity index (χ2n) is 5.17. The van der Waals surface area contributed by atoms with Crippen LogP contribution in [0.15, 0.2) is 29.2 Å². The molecular weight excluding hydrogens is 272 g/mol. The third-order valence-corrected chi connectivity index (χ3v) is 5.06. The monoisotopic (exact) mass is 294 g/mol. The molecule has 0 aliphatic heterocycles. The highest BCUT2D eigenvalue weighted by Gasteiger charge is 2.16. The van der Waals surface area contributed by atoms with Gasteiger partial charge in [-0.1, -0.05) is 26.8 Å². The molecular formula is C15H22N2O2S. The quantitative estimate of drug-likeness (QED) is 0.838. The molecule has 0 aromatic heterocycles. The summed E-state index contributed by atoms with van der Waals surface area (Å²) in [5.41, 5.74) is 0.368. The molecule has 0 aliphatic rings. The molecule has 1 aromatic carbocycles. The van der Waals surface area contributed by atoms with Gasteiger partial charge in [-0.15, -0.1) is 0 Å². The second kappa shape index (κ2) is 7.41. The number of hydrogen-bond donors (Lipinski definition) is 1. The van der Waals surface area contributed by atoms with E-state index in [1.165, 1.54) is 12.1 Å². The summed E-state index contributed by atoms with van der Waals surface area (Å²) in [6.45, 7) is 6.75. The molecule has 5 heteroatoms. The van der Waals surface area contributed by atoms with E-state index < -0.39 is 9.84 Å². The molecule has 1 rings (SSSR count). The first-order chi connectivity index (χ1) is 9.40. The van der Waals surface area contributed by atoms with E-state index in [4.69, 9.17) is 5.26 Å². The number of rotatable bonds is 7. The Labute approximate surface area is 121 Å². The lowest BCUT2D eigenvalue weighted by Gasteiger charge is -2.20. The second-order valence-corrected chi connectivity index (χ2v) is 7.28. The smallest absolute Gasteiger partial charge is 0.179 e. The van der Waals surface area contributed by atoms with Crippen molar-refractivity contribution in [3.8, 4) is 6.07 Å². The summed E-state index contributed by atoms with van der Waals surface area (Å²) in [6.07, 6.45) is 0.974. The van der Waals surface area contributed by atoms with Crippen LogP contribution in [0.2, 0.25) is 0 Å². The van der Waals surface area contributed by atoms with Gasteiger partial charge in [0.05, 0.1) is 22.3 Å². The Balaban J connectivity index is 2.69. The van der Waals surface area contributed by atoms with Gasteiger partial charge in [-0.2, -0.15) is 5.26 Å². The predicted octanol–water partition coefficient (Wildman–Crippen LogP) is 2.36. The van der Waals surface area contributed by atoms with E-state index in [0.29, 0.717) is 24.1 Å². The van der Waals surface area contributed by atoms with Crippen LogP contribution in [0, 0.1) is 17.2 Å². The fourth-order valence-electron chi connectivity index (χ4n) is 2.11. The van der Waals surface area contributed by atoms with Crippen molar-refractivity contribution in [2.45, 2.75) is 38.1 Å². The highest BCUT2D eigenvalue weighted by atomic mass is 32.2. The number of sulfone groups is 1. The first-order valence-corrected chi connectivity index (χ1v) is 8.52. The standard InChI is InChI=1S/C15H22N2O2S/c1-4-15(12(2)3)17-8-9-20(18,19)14-7-5-6-13(10-14)11-16/h5-7,10,12,15,17H,4,8-9H2,1-3H3. The summed E-state index contributed by atoms with van der Waals surface area (Å²) in [7, 11) is -3.34. The average Bonchev–Trinajstić information content (AvgIpc) is 2.43. The summed E-state index contributed by atoms with van der Waals surface area (Å²) in [5.74, 6) is 0.523. The van der Waals surface area contributed by atoms with Crippen molar-refractivity contribution in [3.05, 3.63) is 29.8 Å². The third-order valence-electron chi connectivity index (χ3n) is 3.34. The molecule has 0 aliphatic carbocycles. The first-order valence-electron chi connectivity index (χ1n) is 6.87. The lowest BCUT2D eigenvalue weighted by atomic mass is 10.0. The van der Waals surface area contributed by atoms with Gasteiger partial charge in [0.25, 0.3) is 0 Å². The van der Waals surface area contributed by atoms with Crippen LogP contribution in [0.3, 0.4) is 0 Å². The van der Waals surface area contributed by atoms with Crippen LogP contribution in [0.4, 0.5) is 0 Å². The molecule has 1 N–H and O–H groups in total. The van der Waals surface area contributed by atoms with Gasteiger partial charge in [0.1, 0.15) is 0 Å². The van der Waals surface area contributed by atoms with Gasteiger partial charge in [0.15, 0.2) is 9.84 Å². The zero-order valence-electron chi connectivity index (χ0n) is 12.3. The summed E-state index contributed by atoms with van der Waals surface area (Å²) < 4.78 is 24.4. The van der Waals surface area contributed by atoms with Gasteiger partial charge >= 0.3 is 0 Å². The third kappa shape index (κ3) is 4.62. The lowest BCUT2D eigenvalue weighted by Crippen LogP contribution is -2.36. The minimum absolute atomic E-state index is 0.0467. The van der Waals surface area contributed by atoms with Gasteiger partial charge in [-0.05, 0) is 30.5 Å². The number of nitriles is 1. The first kappa shape index (κ1) is 16.7. The van der Waals surface area contributed by atoms with Crippen molar-refractivity contribution in [1.29, 1.82) is 5.26 Å². The van der Waals surface area contributed by atoms with Crippen LogP contribution < -0.4 is 5.32 Å². The lowest BCUT2D eigenvalue weighted by molar-refractivity contribution is 0.397. The number of hydrogen-bond acceptors (Lipinski definition) is 4. The fraction of sp³-hybridized carbons (Fsp3) is 0.533. The van der Waals surface area contributed by atoms with Crippen LogP contribution in [0.5, 0.6) is 0 Å². The molecule has 110 valence electrons. The van der Waals surface area contributed by atoms with Crippen molar-refractivity contribution >= 4 is 9.84 Å². The zero-order valence-corrected chi connectivity index (χ0v) is 13.1. The normalized spacial score (nSPS) is 13.2. The fourth-order valence-corrected chi connectivity index (χ4v) is 3.32. The Morgan fingerprint density at radius 2 is 2.05 bits per heavy atom. The van der Waals surface area contributed by atoms with Crippen LogP contribution in [0.1, 0.15) is 32.8 Å². The van der Waals surface area contributed by atoms with Gasteiger partial charge in [0.2, 0.25) is 0 Å². The van der Waals surface area contributed by atoms with Crippen LogP contribution in [-0.4, -0.2) is 26.8 Å². The van der Waals surface area contributed by atoms with E-state index in [-0.39, 0.29) is 10.6 Å². The highest BCUT2D eigenvalue weighted by molar-refractivity contribution is 7.91. The van der Waals surface area contributed by atoms with Gasteiger partial charge in [-0.3, -0.25) is 0 Å². The van der Waals surface area contributed by atoms with E-state index in [1.807, 2.05) is 6.07 Å². The number of nitrogens with one attached hydrogen (secondary N) is 1. The maximum atomic E-state index is 12.2. The molecule has 0 saturated heterocycles. The minimum Gasteiger partial charge on any atom is -0.313 e. The van der Waals surface area contributed by atoms with Crippen molar-refractivity contribution in [3.63, 3.8) is 0 Å². The van der Waals surface area contributed by atoms with E-state index in [1.54, 1.807) is 12.1 Å². The average molecular weight is 294 g/mol. The van der Waals surface area contributed by atoms with Crippen molar-refractivity contribution < 1.29 is 8.42 Å². The molecule has 20 heavy (non-hydrogen) atoms. The topological polar surface area (TPSA) is 70.0 Å². The van der Waals surface area contributed by atoms with Gasteiger partial charge < -0.3 is 5.32 Å². The minimum atomic E-state index is -3.34.